The molecular weight excluding hydrogens is 214 g/mol. The highest BCUT2D eigenvalue weighted by atomic mass is 16.2. The fourth-order valence-corrected chi connectivity index (χ4v) is 2.35. The molecule has 4 heteroatoms. The van der Waals surface area contributed by atoms with Crippen LogP contribution >= 0.6 is 0 Å². The smallest absolute Gasteiger partial charge is 0.267 e. The number of rotatable bonds is 2. The van der Waals surface area contributed by atoms with Crippen LogP contribution in [0.5, 0.6) is 0 Å². The van der Waals surface area contributed by atoms with Gasteiger partial charge in [0.15, 0.2) is 0 Å². The van der Waals surface area contributed by atoms with E-state index in [0.29, 0.717) is 17.4 Å². The second kappa shape index (κ2) is 4.13. The van der Waals surface area contributed by atoms with Gasteiger partial charge >= 0.3 is 0 Å². The topological polar surface area (TPSA) is 54.4 Å². The van der Waals surface area contributed by atoms with Crippen molar-refractivity contribution in [3.63, 3.8) is 0 Å². The van der Waals surface area contributed by atoms with Crippen LogP contribution in [0.15, 0.2) is 41.8 Å². The van der Waals surface area contributed by atoms with Crippen LogP contribution in [0, 0.1) is 11.8 Å². The third-order valence-electron chi connectivity index (χ3n) is 3.39. The summed E-state index contributed by atoms with van der Waals surface area (Å²) < 4.78 is 0. The molecule has 1 amide bonds. The molecule has 1 aromatic heterocycles. The van der Waals surface area contributed by atoms with Gasteiger partial charge in [-0.2, -0.15) is 5.10 Å². The number of hydrogen-bond donors (Lipinski definition) is 1. The summed E-state index contributed by atoms with van der Waals surface area (Å²) in [6.07, 6.45) is 9.66. The Morgan fingerprint density at radius 1 is 1.53 bits per heavy atom. The number of carbonyl (C=O) groups excluding carboxylic acids is 1. The maximum atomic E-state index is 11.7. The standard InChI is InChI=1S/C13H13N3O/c17-13(10-4-2-6-14-8-10)16-15-12-7-9-3-1-5-11(9)12/h1-4,6,8-9,11H,5,7H2,(H,16,17)/b15-12+/t9-,11+/m0/s1. The second-order valence-electron chi connectivity index (χ2n) is 4.42. The Labute approximate surface area is 99.4 Å². The normalized spacial score (nSPS) is 27.6. The Hall–Kier alpha value is -1.97. The third-order valence-corrected chi connectivity index (χ3v) is 3.39. The molecule has 0 saturated heterocycles. The van der Waals surface area contributed by atoms with Crippen LogP contribution in [0.3, 0.4) is 0 Å². The van der Waals surface area contributed by atoms with Crippen molar-refractivity contribution in [1.29, 1.82) is 0 Å². The Morgan fingerprint density at radius 2 is 2.47 bits per heavy atom. The molecule has 0 bridgehead atoms. The van der Waals surface area contributed by atoms with Crippen LogP contribution in [0.1, 0.15) is 23.2 Å². The number of nitrogens with one attached hydrogen (secondary N) is 1. The lowest BCUT2D eigenvalue weighted by atomic mass is 9.74. The van der Waals surface area contributed by atoms with Gasteiger partial charge in [-0.25, -0.2) is 5.43 Å². The molecule has 0 aromatic carbocycles. The first-order chi connectivity index (χ1) is 8.34. The van der Waals surface area contributed by atoms with Crippen molar-refractivity contribution in [1.82, 2.24) is 10.4 Å². The summed E-state index contributed by atoms with van der Waals surface area (Å²) in [4.78, 5) is 15.6. The summed E-state index contributed by atoms with van der Waals surface area (Å²) in [6.45, 7) is 0. The van der Waals surface area contributed by atoms with Crippen LogP contribution in [-0.4, -0.2) is 16.6 Å². The van der Waals surface area contributed by atoms with Crippen molar-refractivity contribution in [2.75, 3.05) is 0 Å². The molecule has 4 nitrogen and oxygen atoms in total. The summed E-state index contributed by atoms with van der Waals surface area (Å²) in [7, 11) is 0. The molecule has 2 aliphatic carbocycles. The second-order valence-corrected chi connectivity index (χ2v) is 4.42. The molecule has 0 radical (unpaired) electrons. The minimum atomic E-state index is -0.194. The van der Waals surface area contributed by atoms with E-state index in [9.17, 15) is 4.79 Å². The molecule has 1 fully saturated rings. The van der Waals surface area contributed by atoms with Gasteiger partial charge < -0.3 is 0 Å². The lowest BCUT2D eigenvalue weighted by Crippen LogP contribution is -2.35. The van der Waals surface area contributed by atoms with E-state index in [1.807, 2.05) is 0 Å². The first kappa shape index (κ1) is 10.2. The fourth-order valence-electron chi connectivity index (χ4n) is 2.35. The minimum Gasteiger partial charge on any atom is -0.267 e. The lowest BCUT2D eigenvalue weighted by Gasteiger charge is -2.31. The Kier molecular flexibility index (Phi) is 2.48. The zero-order valence-electron chi connectivity index (χ0n) is 9.34. The molecule has 0 unspecified atom stereocenters. The first-order valence-electron chi connectivity index (χ1n) is 5.78. The Bertz CT molecular complexity index is 493. The highest BCUT2D eigenvalue weighted by molar-refractivity contribution is 5.97. The first-order valence-corrected chi connectivity index (χ1v) is 5.78. The van der Waals surface area contributed by atoms with Gasteiger partial charge in [0.05, 0.1) is 5.56 Å². The number of hydrazone groups is 1. The van der Waals surface area contributed by atoms with E-state index < -0.39 is 0 Å². The van der Waals surface area contributed by atoms with Crippen LogP contribution in [0.2, 0.25) is 0 Å². The quantitative estimate of drug-likeness (QED) is 0.618. The zero-order chi connectivity index (χ0) is 11.7. The summed E-state index contributed by atoms with van der Waals surface area (Å²) in [5.74, 6) is 0.994. The van der Waals surface area contributed by atoms with Crippen molar-refractivity contribution in [3.8, 4) is 0 Å². The van der Waals surface area contributed by atoms with E-state index in [2.05, 4.69) is 27.7 Å². The van der Waals surface area contributed by atoms with Crippen molar-refractivity contribution in [2.45, 2.75) is 12.8 Å². The molecular formula is C13H13N3O. The molecule has 1 N–H and O–H groups in total. The highest BCUT2D eigenvalue weighted by Crippen LogP contribution is 2.39. The lowest BCUT2D eigenvalue weighted by molar-refractivity contribution is 0.0953. The number of aromatic nitrogens is 1. The van der Waals surface area contributed by atoms with Gasteiger partial charge in [-0.05, 0) is 30.9 Å². The van der Waals surface area contributed by atoms with E-state index in [1.165, 1.54) is 6.20 Å². The SMILES string of the molecule is O=C(N/N=C1\C[C@@H]2C=CC[C@@H]12)c1cccnc1. The number of allylic oxidation sites excluding steroid dienone is 2. The largest absolute Gasteiger partial charge is 0.272 e. The summed E-state index contributed by atoms with van der Waals surface area (Å²) in [5.41, 5.74) is 4.24. The third kappa shape index (κ3) is 1.86. The zero-order valence-corrected chi connectivity index (χ0v) is 9.34. The van der Waals surface area contributed by atoms with E-state index >= 15 is 0 Å². The van der Waals surface area contributed by atoms with Crippen LogP contribution < -0.4 is 5.43 Å². The number of carbonyl (C=O) groups is 1. The average Bonchev–Trinajstić information content (AvgIpc) is 2.72. The van der Waals surface area contributed by atoms with Gasteiger partial charge in [0.2, 0.25) is 0 Å². The van der Waals surface area contributed by atoms with E-state index in [0.717, 1.165) is 18.6 Å². The van der Waals surface area contributed by atoms with Crippen molar-refractivity contribution in [2.24, 2.45) is 16.9 Å². The number of fused-ring (bicyclic) bond motifs is 1. The monoisotopic (exact) mass is 227 g/mol. The summed E-state index contributed by atoms with van der Waals surface area (Å²) in [6, 6.07) is 3.46. The van der Waals surface area contributed by atoms with Crippen molar-refractivity contribution >= 4 is 11.6 Å². The molecule has 1 heterocycles. The number of hydrogen-bond acceptors (Lipinski definition) is 3. The maximum Gasteiger partial charge on any atom is 0.272 e. The molecule has 0 aliphatic heterocycles. The van der Waals surface area contributed by atoms with Crippen molar-refractivity contribution < 1.29 is 4.79 Å². The van der Waals surface area contributed by atoms with Crippen molar-refractivity contribution in [3.05, 3.63) is 42.2 Å². The van der Waals surface area contributed by atoms with Gasteiger partial charge in [-0.1, -0.05) is 12.2 Å². The molecule has 2 aliphatic rings. The van der Waals surface area contributed by atoms with Gasteiger partial charge in [0.1, 0.15) is 0 Å². The van der Waals surface area contributed by atoms with Crippen LogP contribution in [0.4, 0.5) is 0 Å². The van der Waals surface area contributed by atoms with Gasteiger partial charge in [0, 0.05) is 24.0 Å². The van der Waals surface area contributed by atoms with Gasteiger partial charge in [-0.15, -0.1) is 0 Å². The number of nitrogens with zero attached hydrogens (tertiary/aromatic N) is 2. The Morgan fingerprint density at radius 3 is 3.24 bits per heavy atom. The van der Waals surface area contributed by atoms with E-state index in [1.54, 1.807) is 18.3 Å². The summed E-state index contributed by atoms with van der Waals surface area (Å²) in [5, 5.41) is 4.20. The molecule has 1 aromatic rings. The Balaban J connectivity index is 1.62. The minimum absolute atomic E-state index is 0.194. The van der Waals surface area contributed by atoms with Gasteiger partial charge in [-0.3, -0.25) is 9.78 Å². The number of amides is 1. The number of pyridine rings is 1. The van der Waals surface area contributed by atoms with Crippen LogP contribution in [0.25, 0.3) is 0 Å². The average molecular weight is 227 g/mol. The molecule has 2 atom stereocenters. The predicted octanol–water partition coefficient (Wildman–Crippen LogP) is 1.76. The molecule has 86 valence electrons. The van der Waals surface area contributed by atoms with Gasteiger partial charge in [0.25, 0.3) is 5.91 Å². The van der Waals surface area contributed by atoms with E-state index in [4.69, 9.17) is 0 Å². The predicted molar refractivity (Wildman–Crippen MR) is 64.5 cm³/mol. The van der Waals surface area contributed by atoms with Crippen LogP contribution in [-0.2, 0) is 0 Å². The molecule has 17 heavy (non-hydrogen) atoms. The van der Waals surface area contributed by atoms with E-state index in [-0.39, 0.29) is 5.91 Å². The maximum absolute atomic E-state index is 11.7. The summed E-state index contributed by atoms with van der Waals surface area (Å²) >= 11 is 0. The molecule has 0 spiro atoms. The molecule has 3 rings (SSSR count). The fraction of sp³-hybridized carbons (Fsp3) is 0.308. The highest BCUT2D eigenvalue weighted by Gasteiger charge is 2.37. The molecule has 1 saturated carbocycles.